The van der Waals surface area contributed by atoms with E-state index in [2.05, 4.69) is 16.2 Å². The minimum absolute atomic E-state index is 0.0443. The summed E-state index contributed by atoms with van der Waals surface area (Å²) in [6.45, 7) is 3.80. The first-order valence-electron chi connectivity index (χ1n) is 10.0. The average molecular weight is 418 g/mol. The summed E-state index contributed by atoms with van der Waals surface area (Å²) in [5, 5.41) is 22.9. The Kier molecular flexibility index (Phi) is 5.34. The molecule has 1 aromatic heterocycles. The number of rotatable bonds is 5. The molecule has 8 nitrogen and oxygen atoms in total. The van der Waals surface area contributed by atoms with Crippen LogP contribution in [-0.4, -0.2) is 39.4 Å². The van der Waals surface area contributed by atoms with Crippen LogP contribution in [0.1, 0.15) is 43.0 Å². The number of nitriles is 1. The van der Waals surface area contributed by atoms with Crippen molar-refractivity contribution < 1.29 is 19.2 Å². The molecule has 1 aliphatic rings. The van der Waals surface area contributed by atoms with Gasteiger partial charge in [0.2, 0.25) is 5.82 Å². The topological polar surface area (TPSA) is 112 Å². The van der Waals surface area contributed by atoms with Crippen LogP contribution in [0.3, 0.4) is 0 Å². The molecule has 0 radical (unpaired) electrons. The highest BCUT2D eigenvalue weighted by molar-refractivity contribution is 5.69. The lowest BCUT2D eigenvalue weighted by molar-refractivity contribution is 0.138. The van der Waals surface area contributed by atoms with Gasteiger partial charge in [-0.25, -0.2) is 4.79 Å². The van der Waals surface area contributed by atoms with Gasteiger partial charge in [0.25, 0.3) is 5.89 Å². The molecule has 0 saturated heterocycles. The van der Waals surface area contributed by atoms with Crippen molar-refractivity contribution in [2.24, 2.45) is 0 Å². The van der Waals surface area contributed by atoms with E-state index in [0.29, 0.717) is 35.0 Å². The monoisotopic (exact) mass is 418 g/mol. The van der Waals surface area contributed by atoms with E-state index in [4.69, 9.17) is 9.26 Å². The van der Waals surface area contributed by atoms with Gasteiger partial charge in [0.15, 0.2) is 0 Å². The summed E-state index contributed by atoms with van der Waals surface area (Å²) in [7, 11) is 1.58. The fraction of sp³-hybridized carbons (Fsp3) is 0.304. The van der Waals surface area contributed by atoms with Crippen LogP contribution < -0.4 is 4.74 Å². The van der Waals surface area contributed by atoms with Crippen LogP contribution in [0.25, 0.3) is 22.8 Å². The zero-order valence-corrected chi connectivity index (χ0v) is 17.5. The SMILES string of the molecule is CC(C)Oc1ccc(-c2nc(-c3cccc4c3CCC4N(C)C(=O)O)no2)cc1C#N. The lowest BCUT2D eigenvalue weighted by Gasteiger charge is -2.22. The molecule has 8 heteroatoms. The zero-order valence-electron chi connectivity index (χ0n) is 17.5. The highest BCUT2D eigenvalue weighted by Gasteiger charge is 2.31. The van der Waals surface area contributed by atoms with E-state index in [0.717, 1.165) is 23.1 Å². The van der Waals surface area contributed by atoms with Gasteiger partial charge in [-0.1, -0.05) is 23.4 Å². The summed E-state index contributed by atoms with van der Waals surface area (Å²) in [6, 6.07) is 12.9. The third kappa shape index (κ3) is 3.82. The molecule has 1 atom stereocenters. The predicted octanol–water partition coefficient (Wildman–Crippen LogP) is 4.66. The molecule has 0 bridgehead atoms. The molecule has 1 heterocycles. The molecule has 3 aromatic rings. The molecular formula is C23H22N4O4. The van der Waals surface area contributed by atoms with Gasteiger partial charge < -0.3 is 19.3 Å². The third-order valence-electron chi connectivity index (χ3n) is 5.38. The molecule has 0 saturated carbocycles. The maximum absolute atomic E-state index is 11.4. The van der Waals surface area contributed by atoms with Crippen molar-refractivity contribution in [3.63, 3.8) is 0 Å². The third-order valence-corrected chi connectivity index (χ3v) is 5.38. The molecule has 158 valence electrons. The van der Waals surface area contributed by atoms with Gasteiger partial charge in [-0.2, -0.15) is 10.2 Å². The van der Waals surface area contributed by atoms with Crippen LogP contribution in [0, 0.1) is 11.3 Å². The van der Waals surface area contributed by atoms with Crippen molar-refractivity contribution in [3.8, 4) is 34.7 Å². The lowest BCUT2D eigenvalue weighted by atomic mass is 10.0. The molecule has 1 aliphatic carbocycles. The number of hydrogen-bond acceptors (Lipinski definition) is 6. The molecule has 0 fully saturated rings. The molecule has 0 aliphatic heterocycles. The number of hydrogen-bond donors (Lipinski definition) is 1. The van der Waals surface area contributed by atoms with E-state index >= 15 is 0 Å². The summed E-state index contributed by atoms with van der Waals surface area (Å²) >= 11 is 0. The molecule has 4 rings (SSSR count). The summed E-state index contributed by atoms with van der Waals surface area (Å²) in [5.74, 6) is 1.25. The van der Waals surface area contributed by atoms with Crippen molar-refractivity contribution >= 4 is 6.09 Å². The van der Waals surface area contributed by atoms with Crippen LogP contribution in [-0.2, 0) is 6.42 Å². The average Bonchev–Trinajstić information content (AvgIpc) is 3.40. The Morgan fingerprint density at radius 3 is 2.87 bits per heavy atom. The van der Waals surface area contributed by atoms with Gasteiger partial charge in [0.05, 0.1) is 17.7 Å². The number of carbonyl (C=O) groups is 1. The predicted molar refractivity (Wildman–Crippen MR) is 112 cm³/mol. The Hall–Kier alpha value is -3.86. The van der Waals surface area contributed by atoms with Crippen LogP contribution in [0.2, 0.25) is 0 Å². The summed E-state index contributed by atoms with van der Waals surface area (Å²) in [5.41, 5.74) is 3.85. The molecule has 1 unspecified atom stereocenters. The summed E-state index contributed by atoms with van der Waals surface area (Å²) < 4.78 is 11.1. The lowest BCUT2D eigenvalue weighted by Crippen LogP contribution is -2.28. The Morgan fingerprint density at radius 1 is 1.35 bits per heavy atom. The molecule has 0 spiro atoms. The standard InChI is InChI=1S/C23H22N4O4/c1-13(2)30-20-10-7-14(11-15(20)12-24)22-25-21(26-31-22)18-6-4-5-17-16(18)8-9-19(17)27(3)23(28)29/h4-7,10-11,13,19H,8-9H2,1-3H3,(H,28,29). The van der Waals surface area contributed by atoms with Gasteiger partial charge in [0, 0.05) is 18.2 Å². The first kappa shape index (κ1) is 20.4. The van der Waals surface area contributed by atoms with Gasteiger partial charge in [0.1, 0.15) is 11.8 Å². The van der Waals surface area contributed by atoms with Gasteiger partial charge >= 0.3 is 6.09 Å². The molecule has 1 amide bonds. The van der Waals surface area contributed by atoms with E-state index in [1.54, 1.807) is 25.2 Å². The maximum atomic E-state index is 11.4. The minimum Gasteiger partial charge on any atom is -0.490 e. The summed E-state index contributed by atoms with van der Waals surface area (Å²) in [4.78, 5) is 17.3. The molecule has 2 aromatic carbocycles. The minimum atomic E-state index is -0.955. The van der Waals surface area contributed by atoms with E-state index in [1.807, 2.05) is 32.0 Å². The van der Waals surface area contributed by atoms with Crippen LogP contribution >= 0.6 is 0 Å². The summed E-state index contributed by atoms with van der Waals surface area (Å²) in [6.07, 6.45) is 0.445. The van der Waals surface area contributed by atoms with Crippen molar-refractivity contribution in [2.45, 2.75) is 38.8 Å². The number of amides is 1. The van der Waals surface area contributed by atoms with E-state index in [1.165, 1.54) is 4.90 Å². The van der Waals surface area contributed by atoms with Gasteiger partial charge in [-0.15, -0.1) is 0 Å². The van der Waals surface area contributed by atoms with Gasteiger partial charge in [-0.3, -0.25) is 0 Å². The number of nitrogens with zero attached hydrogens (tertiary/aromatic N) is 4. The largest absolute Gasteiger partial charge is 0.490 e. The van der Waals surface area contributed by atoms with Crippen LogP contribution in [0.4, 0.5) is 4.79 Å². The Labute approximate surface area is 179 Å². The normalized spacial score (nSPS) is 14.9. The van der Waals surface area contributed by atoms with Crippen molar-refractivity contribution in [2.75, 3.05) is 7.05 Å². The molecular weight excluding hydrogens is 396 g/mol. The number of benzene rings is 2. The Morgan fingerprint density at radius 2 is 2.16 bits per heavy atom. The van der Waals surface area contributed by atoms with Crippen LogP contribution in [0.5, 0.6) is 5.75 Å². The van der Waals surface area contributed by atoms with Crippen molar-refractivity contribution in [1.29, 1.82) is 5.26 Å². The molecule has 1 N–H and O–H groups in total. The highest BCUT2D eigenvalue weighted by atomic mass is 16.5. The van der Waals surface area contributed by atoms with E-state index in [9.17, 15) is 15.2 Å². The van der Waals surface area contributed by atoms with Crippen molar-refractivity contribution in [3.05, 3.63) is 53.1 Å². The first-order chi connectivity index (χ1) is 14.9. The number of carboxylic acid groups (broad SMARTS) is 1. The number of ether oxygens (including phenoxy) is 1. The van der Waals surface area contributed by atoms with E-state index < -0.39 is 6.09 Å². The number of aromatic nitrogens is 2. The zero-order chi connectivity index (χ0) is 22.1. The quantitative estimate of drug-likeness (QED) is 0.641. The van der Waals surface area contributed by atoms with Crippen molar-refractivity contribution in [1.82, 2.24) is 15.0 Å². The van der Waals surface area contributed by atoms with Gasteiger partial charge in [-0.05, 0) is 56.0 Å². The van der Waals surface area contributed by atoms with E-state index in [-0.39, 0.29) is 12.1 Å². The van der Waals surface area contributed by atoms with Crippen LogP contribution in [0.15, 0.2) is 40.9 Å². The first-order valence-corrected chi connectivity index (χ1v) is 10.0. The molecule has 31 heavy (non-hydrogen) atoms. The fourth-order valence-corrected chi connectivity index (χ4v) is 3.93. The smallest absolute Gasteiger partial charge is 0.407 e. The Bertz CT molecular complexity index is 1180. The second-order valence-electron chi connectivity index (χ2n) is 7.73. The fourth-order valence-electron chi connectivity index (χ4n) is 3.93. The Balaban J connectivity index is 1.67. The second-order valence-corrected chi connectivity index (χ2v) is 7.73. The maximum Gasteiger partial charge on any atom is 0.407 e. The highest BCUT2D eigenvalue weighted by Crippen LogP contribution is 2.40. The second kappa shape index (κ2) is 8.11. The number of fused-ring (bicyclic) bond motifs is 1.